The van der Waals surface area contributed by atoms with Gasteiger partial charge in [-0.2, -0.15) is 0 Å². The third kappa shape index (κ3) is 4.20. The molecule has 156 valence electrons. The summed E-state index contributed by atoms with van der Waals surface area (Å²) >= 11 is 0. The number of rotatable bonds is 4. The van der Waals surface area contributed by atoms with Gasteiger partial charge < -0.3 is 15.1 Å². The monoisotopic (exact) mass is 409 g/mol. The molecule has 2 aromatic carbocycles. The predicted octanol–water partition coefficient (Wildman–Crippen LogP) is 3.44. The standard InChI is InChI=1S/C23H24FN3O3/c24-19-14-18(10-11-20(19)27-13-5-9-21(27)28)25-22(29)17-8-4-12-26(15-17)23(30)16-6-2-1-3-7-16/h1-3,6-7,10-11,14,17H,4-5,8-9,12-13,15H2,(H,25,29). The Morgan fingerprint density at radius 3 is 2.53 bits per heavy atom. The minimum absolute atomic E-state index is 0.0845. The highest BCUT2D eigenvalue weighted by Crippen LogP contribution is 2.27. The third-order valence-electron chi connectivity index (χ3n) is 5.68. The number of carbonyl (C=O) groups is 3. The van der Waals surface area contributed by atoms with Crippen LogP contribution in [0.5, 0.6) is 0 Å². The van der Waals surface area contributed by atoms with Crippen molar-refractivity contribution in [3.63, 3.8) is 0 Å². The number of hydrogen-bond acceptors (Lipinski definition) is 3. The summed E-state index contributed by atoms with van der Waals surface area (Å²) in [4.78, 5) is 40.4. The quantitative estimate of drug-likeness (QED) is 0.841. The van der Waals surface area contributed by atoms with Gasteiger partial charge >= 0.3 is 0 Å². The molecule has 1 unspecified atom stereocenters. The number of amides is 3. The van der Waals surface area contributed by atoms with Gasteiger partial charge in [0.25, 0.3) is 5.91 Å². The van der Waals surface area contributed by atoms with E-state index in [1.807, 2.05) is 18.2 Å². The summed E-state index contributed by atoms with van der Waals surface area (Å²) in [6, 6.07) is 13.4. The fraction of sp³-hybridized carbons (Fsp3) is 0.348. The Bertz CT molecular complexity index is 963. The maximum atomic E-state index is 14.5. The maximum absolute atomic E-state index is 14.5. The molecule has 3 amide bonds. The molecule has 0 saturated carbocycles. The van der Waals surface area contributed by atoms with E-state index in [0.29, 0.717) is 43.7 Å². The van der Waals surface area contributed by atoms with E-state index in [1.54, 1.807) is 23.1 Å². The molecule has 2 fully saturated rings. The largest absolute Gasteiger partial charge is 0.338 e. The number of anilines is 2. The van der Waals surface area contributed by atoms with Gasteiger partial charge in [-0.25, -0.2) is 4.39 Å². The lowest BCUT2D eigenvalue weighted by Gasteiger charge is -2.32. The van der Waals surface area contributed by atoms with Gasteiger partial charge in [-0.3, -0.25) is 14.4 Å². The summed E-state index contributed by atoms with van der Waals surface area (Å²) in [5.74, 6) is -1.29. The van der Waals surface area contributed by atoms with Crippen LogP contribution in [0, 0.1) is 11.7 Å². The molecule has 6 nitrogen and oxygen atoms in total. The molecule has 2 aromatic rings. The van der Waals surface area contributed by atoms with Crippen LogP contribution in [-0.2, 0) is 9.59 Å². The highest BCUT2D eigenvalue weighted by Gasteiger charge is 2.29. The van der Waals surface area contributed by atoms with Gasteiger partial charge in [0.2, 0.25) is 11.8 Å². The van der Waals surface area contributed by atoms with Crippen molar-refractivity contribution in [2.75, 3.05) is 29.9 Å². The Morgan fingerprint density at radius 2 is 1.83 bits per heavy atom. The Balaban J connectivity index is 1.40. The van der Waals surface area contributed by atoms with Gasteiger partial charge in [0, 0.05) is 37.3 Å². The first kappa shape index (κ1) is 20.1. The summed E-state index contributed by atoms with van der Waals surface area (Å²) in [5.41, 5.74) is 1.19. The summed E-state index contributed by atoms with van der Waals surface area (Å²) < 4.78 is 14.5. The molecule has 1 N–H and O–H groups in total. The van der Waals surface area contributed by atoms with Crippen LogP contribution < -0.4 is 10.2 Å². The van der Waals surface area contributed by atoms with Crippen molar-refractivity contribution >= 4 is 29.1 Å². The first-order valence-electron chi connectivity index (χ1n) is 10.3. The maximum Gasteiger partial charge on any atom is 0.253 e. The van der Waals surface area contributed by atoms with Crippen molar-refractivity contribution < 1.29 is 18.8 Å². The Labute approximate surface area is 174 Å². The van der Waals surface area contributed by atoms with Crippen molar-refractivity contribution in [3.05, 3.63) is 59.9 Å². The first-order valence-corrected chi connectivity index (χ1v) is 10.3. The normalized spacial score (nSPS) is 19.1. The number of benzene rings is 2. The van der Waals surface area contributed by atoms with Crippen LogP contribution in [0.4, 0.5) is 15.8 Å². The summed E-state index contributed by atoms with van der Waals surface area (Å²) in [6.45, 7) is 1.46. The number of likely N-dealkylation sites (tertiary alicyclic amines) is 1. The second kappa shape index (κ2) is 8.65. The van der Waals surface area contributed by atoms with E-state index < -0.39 is 5.82 Å². The molecule has 1 atom stereocenters. The molecular weight excluding hydrogens is 385 g/mol. The van der Waals surface area contributed by atoms with Crippen LogP contribution in [-0.4, -0.2) is 42.3 Å². The molecule has 0 bridgehead atoms. The highest BCUT2D eigenvalue weighted by atomic mass is 19.1. The van der Waals surface area contributed by atoms with E-state index in [9.17, 15) is 18.8 Å². The van der Waals surface area contributed by atoms with Crippen LogP contribution in [0.1, 0.15) is 36.0 Å². The van der Waals surface area contributed by atoms with E-state index in [4.69, 9.17) is 0 Å². The van der Waals surface area contributed by atoms with Gasteiger partial charge in [-0.15, -0.1) is 0 Å². The van der Waals surface area contributed by atoms with Gasteiger partial charge in [0.15, 0.2) is 0 Å². The zero-order valence-corrected chi connectivity index (χ0v) is 16.6. The van der Waals surface area contributed by atoms with Gasteiger partial charge in [-0.1, -0.05) is 18.2 Å². The molecule has 2 aliphatic heterocycles. The minimum Gasteiger partial charge on any atom is -0.338 e. The molecule has 4 rings (SSSR count). The van der Waals surface area contributed by atoms with Crippen LogP contribution in [0.15, 0.2) is 48.5 Å². The second-order valence-electron chi connectivity index (χ2n) is 7.76. The predicted molar refractivity (Wildman–Crippen MR) is 112 cm³/mol. The van der Waals surface area contributed by atoms with Gasteiger partial charge in [0.05, 0.1) is 11.6 Å². The second-order valence-corrected chi connectivity index (χ2v) is 7.76. The van der Waals surface area contributed by atoms with E-state index >= 15 is 0 Å². The number of piperidine rings is 1. The van der Waals surface area contributed by atoms with Crippen molar-refractivity contribution in [3.8, 4) is 0 Å². The summed E-state index contributed by atoms with van der Waals surface area (Å²) in [7, 11) is 0. The van der Waals surface area contributed by atoms with Crippen LogP contribution >= 0.6 is 0 Å². The van der Waals surface area contributed by atoms with Crippen LogP contribution in [0.25, 0.3) is 0 Å². The molecule has 0 radical (unpaired) electrons. The summed E-state index contributed by atoms with van der Waals surface area (Å²) in [5, 5.41) is 2.76. The minimum atomic E-state index is -0.535. The number of hydrogen-bond donors (Lipinski definition) is 1. The fourth-order valence-corrected chi connectivity index (χ4v) is 4.09. The number of nitrogens with zero attached hydrogens (tertiary/aromatic N) is 2. The topological polar surface area (TPSA) is 69.7 Å². The lowest BCUT2D eigenvalue weighted by Crippen LogP contribution is -2.43. The highest BCUT2D eigenvalue weighted by molar-refractivity contribution is 5.97. The molecule has 0 aliphatic carbocycles. The van der Waals surface area contributed by atoms with Crippen LogP contribution in [0.3, 0.4) is 0 Å². The number of carbonyl (C=O) groups excluding carboxylic acids is 3. The Hall–Kier alpha value is -3.22. The molecule has 2 saturated heterocycles. The van der Waals surface area contributed by atoms with Crippen molar-refractivity contribution in [2.24, 2.45) is 5.92 Å². The van der Waals surface area contributed by atoms with Gasteiger partial charge in [0.1, 0.15) is 5.82 Å². The average molecular weight is 409 g/mol. The molecule has 0 aromatic heterocycles. The SMILES string of the molecule is O=C(Nc1ccc(N2CCCC2=O)c(F)c1)C1CCCN(C(=O)c2ccccc2)C1. The third-order valence-corrected chi connectivity index (χ3v) is 5.68. The van der Waals surface area contributed by atoms with Gasteiger partial charge in [-0.05, 0) is 49.6 Å². The number of nitrogens with one attached hydrogen (secondary N) is 1. The first-order chi connectivity index (χ1) is 14.5. The summed E-state index contributed by atoms with van der Waals surface area (Å²) in [6.07, 6.45) is 2.56. The molecule has 2 aliphatic rings. The lowest BCUT2D eigenvalue weighted by atomic mass is 9.96. The Morgan fingerprint density at radius 1 is 1.03 bits per heavy atom. The molecular formula is C23H24FN3O3. The fourth-order valence-electron chi connectivity index (χ4n) is 4.09. The lowest BCUT2D eigenvalue weighted by molar-refractivity contribution is -0.121. The van der Waals surface area contributed by atoms with Crippen molar-refractivity contribution in [1.82, 2.24) is 4.90 Å². The molecule has 7 heteroatoms. The average Bonchev–Trinajstić information content (AvgIpc) is 3.19. The Kier molecular flexibility index (Phi) is 5.79. The van der Waals surface area contributed by atoms with Crippen molar-refractivity contribution in [1.29, 1.82) is 0 Å². The van der Waals surface area contributed by atoms with E-state index in [0.717, 1.165) is 12.8 Å². The smallest absolute Gasteiger partial charge is 0.253 e. The number of halogens is 1. The zero-order chi connectivity index (χ0) is 21.1. The van der Waals surface area contributed by atoms with E-state index in [-0.39, 0.29) is 29.3 Å². The molecule has 0 spiro atoms. The molecule has 30 heavy (non-hydrogen) atoms. The van der Waals surface area contributed by atoms with E-state index in [1.165, 1.54) is 17.0 Å². The van der Waals surface area contributed by atoms with Crippen molar-refractivity contribution in [2.45, 2.75) is 25.7 Å². The van der Waals surface area contributed by atoms with Crippen LogP contribution in [0.2, 0.25) is 0 Å². The van der Waals surface area contributed by atoms with E-state index in [2.05, 4.69) is 5.32 Å². The molecule has 2 heterocycles. The zero-order valence-electron chi connectivity index (χ0n) is 16.6.